The summed E-state index contributed by atoms with van der Waals surface area (Å²) >= 11 is 0. The van der Waals surface area contributed by atoms with Crippen molar-refractivity contribution in [2.24, 2.45) is 0 Å². The molecule has 1 atom stereocenters. The van der Waals surface area contributed by atoms with Crippen LogP contribution in [0.2, 0.25) is 0 Å². The van der Waals surface area contributed by atoms with Crippen LogP contribution in [-0.4, -0.2) is 43.0 Å². The first-order valence-corrected chi connectivity index (χ1v) is 7.15. The Kier molecular flexibility index (Phi) is 4.45. The molecule has 20 heavy (non-hydrogen) atoms. The maximum atomic E-state index is 12.3. The molecule has 0 radical (unpaired) electrons. The maximum Gasteiger partial charge on any atom is 0.237 e. The lowest BCUT2D eigenvalue weighted by Gasteiger charge is -2.33. The summed E-state index contributed by atoms with van der Waals surface area (Å²) in [5, 5.41) is 6.38. The fourth-order valence-electron chi connectivity index (χ4n) is 2.22. The molecule has 1 heterocycles. The quantitative estimate of drug-likeness (QED) is 0.866. The van der Waals surface area contributed by atoms with E-state index in [1.165, 1.54) is 11.1 Å². The second kappa shape index (κ2) is 5.94. The molecule has 0 fully saturated rings. The standard InChI is InChI=1S/C16H25N3O/c1-16(2,19(3)4)11-18-15(20)14-9-12-7-5-6-8-13(12)10-17-14/h5-8,14,17H,9-11H2,1-4H3,(H,18,20)/t14-/m0/s1. The molecule has 0 bridgehead atoms. The van der Waals surface area contributed by atoms with E-state index in [4.69, 9.17) is 0 Å². The average molecular weight is 275 g/mol. The van der Waals surface area contributed by atoms with Gasteiger partial charge in [0.1, 0.15) is 0 Å². The lowest BCUT2D eigenvalue weighted by atomic mass is 9.95. The van der Waals surface area contributed by atoms with Crippen LogP contribution in [0.25, 0.3) is 0 Å². The van der Waals surface area contributed by atoms with Crippen LogP contribution in [-0.2, 0) is 17.8 Å². The highest BCUT2D eigenvalue weighted by Gasteiger charge is 2.26. The molecule has 1 aliphatic heterocycles. The van der Waals surface area contributed by atoms with Gasteiger partial charge in [-0.2, -0.15) is 0 Å². The molecular weight excluding hydrogens is 250 g/mol. The molecule has 0 unspecified atom stereocenters. The normalized spacial score (nSPS) is 18.8. The zero-order valence-electron chi connectivity index (χ0n) is 12.9. The Morgan fingerprint density at radius 3 is 2.65 bits per heavy atom. The van der Waals surface area contributed by atoms with Gasteiger partial charge in [-0.15, -0.1) is 0 Å². The van der Waals surface area contributed by atoms with Gasteiger partial charge in [0.15, 0.2) is 0 Å². The number of likely N-dealkylation sites (N-methyl/N-ethyl adjacent to an activating group) is 1. The van der Waals surface area contributed by atoms with Crippen molar-refractivity contribution >= 4 is 5.91 Å². The summed E-state index contributed by atoms with van der Waals surface area (Å²) in [5.74, 6) is 0.0921. The first-order valence-electron chi connectivity index (χ1n) is 7.15. The minimum Gasteiger partial charge on any atom is -0.353 e. The molecule has 0 saturated carbocycles. The highest BCUT2D eigenvalue weighted by Crippen LogP contribution is 2.16. The molecule has 2 N–H and O–H groups in total. The van der Waals surface area contributed by atoms with E-state index in [-0.39, 0.29) is 17.5 Å². The van der Waals surface area contributed by atoms with Crippen molar-refractivity contribution in [1.82, 2.24) is 15.5 Å². The number of nitrogens with zero attached hydrogens (tertiary/aromatic N) is 1. The van der Waals surface area contributed by atoms with Crippen molar-refractivity contribution in [2.45, 2.75) is 38.4 Å². The van der Waals surface area contributed by atoms with Crippen molar-refractivity contribution in [3.05, 3.63) is 35.4 Å². The highest BCUT2D eigenvalue weighted by atomic mass is 16.2. The predicted molar refractivity (Wildman–Crippen MR) is 81.5 cm³/mol. The smallest absolute Gasteiger partial charge is 0.237 e. The van der Waals surface area contributed by atoms with Crippen LogP contribution in [0, 0.1) is 0 Å². The number of fused-ring (bicyclic) bond motifs is 1. The minimum absolute atomic E-state index is 0.0395. The third-order valence-corrected chi connectivity index (χ3v) is 4.30. The number of hydrogen-bond donors (Lipinski definition) is 2. The van der Waals surface area contributed by atoms with Gasteiger partial charge in [-0.25, -0.2) is 0 Å². The fraction of sp³-hybridized carbons (Fsp3) is 0.562. The summed E-state index contributed by atoms with van der Waals surface area (Å²) in [4.78, 5) is 14.4. The summed E-state index contributed by atoms with van der Waals surface area (Å²) in [6.45, 7) is 5.66. The third-order valence-electron chi connectivity index (χ3n) is 4.30. The number of carbonyl (C=O) groups is 1. The Balaban J connectivity index is 1.92. The van der Waals surface area contributed by atoms with Crippen LogP contribution in [0.1, 0.15) is 25.0 Å². The monoisotopic (exact) mass is 275 g/mol. The minimum atomic E-state index is -0.122. The van der Waals surface area contributed by atoms with E-state index < -0.39 is 0 Å². The van der Waals surface area contributed by atoms with Crippen molar-refractivity contribution in [2.75, 3.05) is 20.6 Å². The largest absolute Gasteiger partial charge is 0.353 e. The van der Waals surface area contributed by atoms with Crippen molar-refractivity contribution in [1.29, 1.82) is 0 Å². The van der Waals surface area contributed by atoms with Crippen LogP contribution in [0.3, 0.4) is 0 Å². The summed E-state index contributed by atoms with van der Waals surface area (Å²) in [6.07, 6.45) is 0.768. The molecule has 0 spiro atoms. The average Bonchev–Trinajstić information content (AvgIpc) is 2.44. The predicted octanol–water partition coefficient (Wildman–Crippen LogP) is 1.16. The van der Waals surface area contributed by atoms with Crippen molar-refractivity contribution in [3.63, 3.8) is 0 Å². The van der Waals surface area contributed by atoms with E-state index >= 15 is 0 Å². The Morgan fingerprint density at radius 1 is 1.35 bits per heavy atom. The van der Waals surface area contributed by atoms with Gasteiger partial charge >= 0.3 is 0 Å². The molecule has 1 aromatic carbocycles. The first-order chi connectivity index (χ1) is 9.40. The summed E-state index contributed by atoms with van der Waals surface area (Å²) in [7, 11) is 4.06. The third kappa shape index (κ3) is 3.38. The SMILES string of the molecule is CN(C)C(C)(C)CNC(=O)[C@@H]1Cc2ccccc2CN1. The van der Waals surface area contributed by atoms with Gasteiger partial charge in [0.05, 0.1) is 6.04 Å². The zero-order valence-corrected chi connectivity index (χ0v) is 12.9. The van der Waals surface area contributed by atoms with Crippen LogP contribution < -0.4 is 10.6 Å². The zero-order chi connectivity index (χ0) is 14.8. The molecule has 4 heteroatoms. The van der Waals surface area contributed by atoms with Gasteiger partial charge in [-0.1, -0.05) is 24.3 Å². The second-order valence-electron chi connectivity index (χ2n) is 6.33. The molecule has 0 saturated heterocycles. The van der Waals surface area contributed by atoms with Gasteiger partial charge < -0.3 is 15.5 Å². The van der Waals surface area contributed by atoms with Crippen LogP contribution in [0.5, 0.6) is 0 Å². The summed E-state index contributed by atoms with van der Waals surface area (Å²) < 4.78 is 0. The Hall–Kier alpha value is -1.39. The van der Waals surface area contributed by atoms with E-state index in [1.54, 1.807) is 0 Å². The molecule has 110 valence electrons. The summed E-state index contributed by atoms with van der Waals surface area (Å²) in [5.41, 5.74) is 2.53. The van der Waals surface area contributed by atoms with E-state index in [9.17, 15) is 4.79 Å². The number of carbonyl (C=O) groups excluding carboxylic acids is 1. The Morgan fingerprint density at radius 2 is 2.00 bits per heavy atom. The van der Waals surface area contributed by atoms with Gasteiger partial charge in [0.25, 0.3) is 0 Å². The topological polar surface area (TPSA) is 44.4 Å². The molecule has 4 nitrogen and oxygen atoms in total. The second-order valence-corrected chi connectivity index (χ2v) is 6.33. The van der Waals surface area contributed by atoms with E-state index in [1.807, 2.05) is 26.2 Å². The Labute approximate surface area is 121 Å². The highest BCUT2D eigenvalue weighted by molar-refractivity contribution is 5.82. The number of hydrogen-bond acceptors (Lipinski definition) is 3. The van der Waals surface area contributed by atoms with E-state index in [2.05, 4.69) is 41.5 Å². The molecule has 1 aromatic rings. The molecule has 1 amide bonds. The van der Waals surface area contributed by atoms with Gasteiger partial charge in [0.2, 0.25) is 5.91 Å². The van der Waals surface area contributed by atoms with Crippen LogP contribution in [0.15, 0.2) is 24.3 Å². The lowest BCUT2D eigenvalue weighted by Crippen LogP contribution is -2.53. The number of nitrogens with one attached hydrogen (secondary N) is 2. The number of benzene rings is 1. The molecule has 1 aliphatic rings. The van der Waals surface area contributed by atoms with Gasteiger partial charge in [0, 0.05) is 18.6 Å². The maximum absolute atomic E-state index is 12.3. The number of amides is 1. The fourth-order valence-corrected chi connectivity index (χ4v) is 2.22. The molecule has 0 aliphatic carbocycles. The first kappa shape index (κ1) is 15.0. The molecule has 2 rings (SSSR count). The van der Waals surface area contributed by atoms with Gasteiger partial charge in [-0.05, 0) is 45.5 Å². The van der Waals surface area contributed by atoms with E-state index in [0.29, 0.717) is 6.54 Å². The lowest BCUT2D eigenvalue weighted by molar-refractivity contribution is -0.123. The van der Waals surface area contributed by atoms with Crippen molar-refractivity contribution in [3.8, 4) is 0 Å². The summed E-state index contributed by atoms with van der Waals surface area (Å²) in [6, 6.07) is 8.18. The molecular formula is C16H25N3O. The van der Waals surface area contributed by atoms with Crippen LogP contribution in [0.4, 0.5) is 0 Å². The van der Waals surface area contributed by atoms with Crippen LogP contribution >= 0.6 is 0 Å². The molecule has 0 aromatic heterocycles. The van der Waals surface area contributed by atoms with E-state index in [0.717, 1.165) is 13.0 Å². The Bertz CT molecular complexity index is 482. The van der Waals surface area contributed by atoms with Gasteiger partial charge in [-0.3, -0.25) is 4.79 Å². The van der Waals surface area contributed by atoms with Crippen molar-refractivity contribution < 1.29 is 4.79 Å². The number of rotatable bonds is 4.